The number of carbonyl (C=O) groups excluding carboxylic acids is 1. The van der Waals surface area contributed by atoms with Crippen LogP contribution in [0.5, 0.6) is 0 Å². The second-order valence-corrected chi connectivity index (χ2v) is 8.64. The maximum atomic E-state index is 12.8. The van der Waals surface area contributed by atoms with Crippen molar-refractivity contribution in [1.29, 1.82) is 0 Å². The summed E-state index contributed by atoms with van der Waals surface area (Å²) < 4.78 is 2.26. The Morgan fingerprint density at radius 1 is 1.29 bits per heavy atom. The molecule has 1 atom stereocenters. The third kappa shape index (κ3) is 4.12. The average molecular weight is 382 g/mol. The summed E-state index contributed by atoms with van der Waals surface area (Å²) in [5.74, 6) is 1.92. The van der Waals surface area contributed by atoms with Gasteiger partial charge in [-0.1, -0.05) is 32.0 Å². The number of hydrogen-bond acceptors (Lipinski definition) is 4. The zero-order valence-electron chi connectivity index (χ0n) is 17.2. The molecule has 28 heavy (non-hydrogen) atoms. The highest BCUT2D eigenvalue weighted by atomic mass is 16.2. The van der Waals surface area contributed by atoms with Crippen LogP contribution >= 0.6 is 0 Å². The third-order valence-electron chi connectivity index (χ3n) is 5.97. The lowest BCUT2D eigenvalue weighted by molar-refractivity contribution is -0.117. The van der Waals surface area contributed by atoms with Gasteiger partial charge in [0, 0.05) is 24.2 Å². The number of piperidine rings is 1. The Kier molecular flexibility index (Phi) is 5.49. The SMILES string of the molecule is Cc1cccc(C(C)C)c1NC(=O)CN1CCCC(c2nncn2C2CC2)C1. The molecule has 1 amide bonds. The maximum Gasteiger partial charge on any atom is 0.238 e. The standard InChI is InChI=1S/C22H31N5O/c1-15(2)19-8-4-6-16(3)21(19)24-20(28)13-26-11-5-7-17(12-26)22-25-23-14-27(22)18-9-10-18/h4,6,8,14-15,17-18H,5,7,9-13H2,1-3H3,(H,24,28). The first-order chi connectivity index (χ1) is 13.5. The van der Waals surface area contributed by atoms with Crippen LogP contribution in [0.4, 0.5) is 5.69 Å². The van der Waals surface area contributed by atoms with E-state index in [1.54, 1.807) is 0 Å². The largest absolute Gasteiger partial charge is 0.324 e. The van der Waals surface area contributed by atoms with Gasteiger partial charge < -0.3 is 9.88 Å². The number of para-hydroxylation sites is 1. The number of nitrogens with one attached hydrogen (secondary N) is 1. The molecular weight excluding hydrogens is 350 g/mol. The van der Waals surface area contributed by atoms with Crippen LogP contribution in [0.3, 0.4) is 0 Å². The lowest BCUT2D eigenvalue weighted by atomic mass is 9.96. The summed E-state index contributed by atoms with van der Waals surface area (Å²) in [5, 5.41) is 11.7. The zero-order valence-corrected chi connectivity index (χ0v) is 17.2. The van der Waals surface area contributed by atoms with Crippen molar-refractivity contribution < 1.29 is 4.79 Å². The number of likely N-dealkylation sites (tertiary alicyclic amines) is 1. The molecule has 1 unspecified atom stereocenters. The van der Waals surface area contributed by atoms with Gasteiger partial charge in [0.05, 0.1) is 6.54 Å². The Hall–Kier alpha value is -2.21. The maximum absolute atomic E-state index is 12.8. The monoisotopic (exact) mass is 381 g/mol. The molecule has 6 heteroatoms. The average Bonchev–Trinajstić information content (AvgIpc) is 3.39. The van der Waals surface area contributed by atoms with E-state index in [0.717, 1.165) is 43.0 Å². The molecule has 1 N–H and O–H groups in total. The second-order valence-electron chi connectivity index (χ2n) is 8.64. The smallest absolute Gasteiger partial charge is 0.238 e. The molecule has 4 rings (SSSR count). The number of aromatic nitrogens is 3. The number of amides is 1. The van der Waals surface area contributed by atoms with Crippen LogP contribution in [0.15, 0.2) is 24.5 Å². The van der Waals surface area contributed by atoms with Crippen LogP contribution in [-0.4, -0.2) is 45.2 Å². The summed E-state index contributed by atoms with van der Waals surface area (Å²) in [5.41, 5.74) is 3.29. The van der Waals surface area contributed by atoms with E-state index in [9.17, 15) is 4.79 Å². The fourth-order valence-corrected chi connectivity index (χ4v) is 4.31. The Bertz CT molecular complexity index is 839. The fourth-order valence-electron chi connectivity index (χ4n) is 4.31. The van der Waals surface area contributed by atoms with Gasteiger partial charge in [-0.3, -0.25) is 9.69 Å². The fraction of sp³-hybridized carbons (Fsp3) is 0.591. The van der Waals surface area contributed by atoms with Crippen molar-refractivity contribution in [1.82, 2.24) is 19.7 Å². The molecule has 1 saturated heterocycles. The highest BCUT2D eigenvalue weighted by molar-refractivity contribution is 5.94. The summed E-state index contributed by atoms with van der Waals surface area (Å²) in [6, 6.07) is 6.82. The van der Waals surface area contributed by atoms with E-state index in [1.165, 1.54) is 18.4 Å². The van der Waals surface area contributed by atoms with Gasteiger partial charge in [0.15, 0.2) is 0 Å². The minimum atomic E-state index is 0.0699. The summed E-state index contributed by atoms with van der Waals surface area (Å²) in [6.45, 7) is 8.66. The minimum Gasteiger partial charge on any atom is -0.324 e. The summed E-state index contributed by atoms with van der Waals surface area (Å²) in [6.07, 6.45) is 6.57. The highest BCUT2D eigenvalue weighted by Gasteiger charge is 2.31. The van der Waals surface area contributed by atoms with E-state index in [-0.39, 0.29) is 5.91 Å². The van der Waals surface area contributed by atoms with Crippen molar-refractivity contribution in [2.45, 2.75) is 64.3 Å². The third-order valence-corrected chi connectivity index (χ3v) is 5.97. The molecule has 1 saturated carbocycles. The van der Waals surface area contributed by atoms with Crippen molar-refractivity contribution in [2.75, 3.05) is 25.0 Å². The van der Waals surface area contributed by atoms with E-state index < -0.39 is 0 Å². The van der Waals surface area contributed by atoms with Crippen molar-refractivity contribution in [3.63, 3.8) is 0 Å². The van der Waals surface area contributed by atoms with Crippen LogP contribution in [0.1, 0.15) is 74.4 Å². The van der Waals surface area contributed by atoms with Gasteiger partial charge in [0.1, 0.15) is 12.2 Å². The molecule has 2 aliphatic rings. The van der Waals surface area contributed by atoms with Crippen LogP contribution in [0, 0.1) is 6.92 Å². The topological polar surface area (TPSA) is 63.1 Å². The summed E-state index contributed by atoms with van der Waals surface area (Å²) in [4.78, 5) is 15.1. The van der Waals surface area contributed by atoms with E-state index >= 15 is 0 Å². The molecule has 0 spiro atoms. The molecule has 1 aromatic carbocycles. The van der Waals surface area contributed by atoms with E-state index in [2.05, 4.69) is 64.0 Å². The minimum absolute atomic E-state index is 0.0699. The van der Waals surface area contributed by atoms with Gasteiger partial charge >= 0.3 is 0 Å². The Morgan fingerprint density at radius 3 is 2.86 bits per heavy atom. The predicted octanol–water partition coefficient (Wildman–Crippen LogP) is 3.86. The Labute approximate surface area is 167 Å². The number of rotatable bonds is 6. The first kappa shape index (κ1) is 19.1. The molecule has 0 bridgehead atoms. The Balaban J connectivity index is 1.40. The van der Waals surface area contributed by atoms with E-state index in [1.807, 2.05) is 6.33 Å². The van der Waals surface area contributed by atoms with Gasteiger partial charge in [0.25, 0.3) is 0 Å². The highest BCUT2D eigenvalue weighted by Crippen LogP contribution is 2.38. The zero-order chi connectivity index (χ0) is 19.7. The molecule has 1 aliphatic heterocycles. The molecular formula is C22H31N5O. The predicted molar refractivity (Wildman–Crippen MR) is 111 cm³/mol. The molecule has 1 aliphatic carbocycles. The molecule has 150 valence electrons. The summed E-state index contributed by atoms with van der Waals surface area (Å²) >= 11 is 0. The molecule has 6 nitrogen and oxygen atoms in total. The number of aryl methyl sites for hydroxylation is 1. The van der Waals surface area contributed by atoms with Gasteiger partial charge in [-0.2, -0.15) is 0 Å². The number of nitrogens with zero attached hydrogens (tertiary/aromatic N) is 4. The number of benzene rings is 1. The van der Waals surface area contributed by atoms with Gasteiger partial charge in [-0.05, 0) is 56.2 Å². The molecule has 1 aromatic heterocycles. The van der Waals surface area contributed by atoms with Crippen molar-refractivity contribution >= 4 is 11.6 Å². The van der Waals surface area contributed by atoms with Gasteiger partial charge in [-0.15, -0.1) is 10.2 Å². The lowest BCUT2D eigenvalue weighted by Crippen LogP contribution is -2.40. The van der Waals surface area contributed by atoms with Crippen LogP contribution in [-0.2, 0) is 4.79 Å². The number of hydrogen-bond donors (Lipinski definition) is 1. The van der Waals surface area contributed by atoms with Gasteiger partial charge in [0.2, 0.25) is 5.91 Å². The molecule has 2 fully saturated rings. The van der Waals surface area contributed by atoms with Gasteiger partial charge in [-0.25, -0.2) is 0 Å². The summed E-state index contributed by atoms with van der Waals surface area (Å²) in [7, 11) is 0. The lowest BCUT2D eigenvalue weighted by Gasteiger charge is -2.32. The number of anilines is 1. The molecule has 0 radical (unpaired) electrons. The van der Waals surface area contributed by atoms with Crippen LogP contribution in [0.2, 0.25) is 0 Å². The normalized spacial score (nSPS) is 20.5. The van der Waals surface area contributed by atoms with E-state index in [0.29, 0.717) is 24.4 Å². The van der Waals surface area contributed by atoms with Crippen molar-refractivity contribution in [3.05, 3.63) is 41.5 Å². The van der Waals surface area contributed by atoms with Crippen LogP contribution in [0.25, 0.3) is 0 Å². The molecule has 2 aromatic rings. The van der Waals surface area contributed by atoms with Crippen molar-refractivity contribution in [3.8, 4) is 0 Å². The first-order valence-electron chi connectivity index (χ1n) is 10.5. The quantitative estimate of drug-likeness (QED) is 0.825. The van der Waals surface area contributed by atoms with Crippen LogP contribution < -0.4 is 5.32 Å². The van der Waals surface area contributed by atoms with E-state index in [4.69, 9.17) is 0 Å². The molecule has 2 heterocycles. The Morgan fingerprint density at radius 2 is 2.11 bits per heavy atom. The first-order valence-corrected chi connectivity index (χ1v) is 10.5. The second kappa shape index (κ2) is 8.03. The van der Waals surface area contributed by atoms with Crippen molar-refractivity contribution in [2.24, 2.45) is 0 Å². The number of carbonyl (C=O) groups is 1.